The first kappa shape index (κ1) is 15.0. The van der Waals surface area contributed by atoms with Crippen LogP contribution >= 0.6 is 23.2 Å². The van der Waals surface area contributed by atoms with Crippen molar-refractivity contribution in [3.8, 4) is 0 Å². The number of halogens is 2. The van der Waals surface area contributed by atoms with Gasteiger partial charge in [0.15, 0.2) is 0 Å². The summed E-state index contributed by atoms with van der Waals surface area (Å²) >= 11 is 11.7. The second kappa shape index (κ2) is 7.43. The normalized spacial score (nSPS) is 12.2. The van der Waals surface area contributed by atoms with Gasteiger partial charge in [0.1, 0.15) is 0 Å². The molecule has 1 aromatic carbocycles. The van der Waals surface area contributed by atoms with Crippen LogP contribution in [0, 0.1) is 0 Å². The fourth-order valence-corrected chi connectivity index (χ4v) is 1.79. The molecule has 0 aliphatic carbocycles. The lowest BCUT2D eigenvalue weighted by atomic mass is 10.2. The molecule has 0 heterocycles. The van der Waals surface area contributed by atoms with Gasteiger partial charge in [0.05, 0.1) is 6.10 Å². The molecule has 5 nitrogen and oxygen atoms in total. The van der Waals surface area contributed by atoms with Crippen LogP contribution in [-0.4, -0.2) is 35.5 Å². The molecular formula is C11H14Cl2N2O3. The van der Waals surface area contributed by atoms with Gasteiger partial charge in [-0.05, 0) is 17.7 Å². The van der Waals surface area contributed by atoms with E-state index in [1.165, 1.54) is 0 Å². The van der Waals surface area contributed by atoms with Crippen molar-refractivity contribution >= 4 is 29.3 Å². The number of carboxylic acid groups (broad SMARTS) is 1. The first-order valence-corrected chi connectivity index (χ1v) is 6.04. The van der Waals surface area contributed by atoms with E-state index in [1.807, 2.05) is 0 Å². The van der Waals surface area contributed by atoms with Crippen LogP contribution in [0.1, 0.15) is 5.56 Å². The summed E-state index contributed by atoms with van der Waals surface area (Å²) in [5, 5.41) is 24.0. The molecular weight excluding hydrogens is 279 g/mol. The first-order valence-electron chi connectivity index (χ1n) is 5.28. The van der Waals surface area contributed by atoms with E-state index in [4.69, 9.17) is 28.3 Å². The lowest BCUT2D eigenvalue weighted by molar-refractivity contribution is 0.155. The van der Waals surface area contributed by atoms with Crippen LogP contribution in [0.15, 0.2) is 18.2 Å². The van der Waals surface area contributed by atoms with Crippen molar-refractivity contribution in [2.45, 2.75) is 12.6 Å². The zero-order valence-electron chi connectivity index (χ0n) is 9.49. The Balaban J connectivity index is 2.30. The van der Waals surface area contributed by atoms with Crippen molar-refractivity contribution in [1.29, 1.82) is 0 Å². The zero-order valence-corrected chi connectivity index (χ0v) is 11.0. The molecule has 4 N–H and O–H groups in total. The van der Waals surface area contributed by atoms with Crippen LogP contribution in [0.4, 0.5) is 4.79 Å². The van der Waals surface area contributed by atoms with Gasteiger partial charge in [-0.1, -0.05) is 29.3 Å². The maximum atomic E-state index is 10.2. The molecule has 0 spiro atoms. The monoisotopic (exact) mass is 292 g/mol. The van der Waals surface area contributed by atoms with Gasteiger partial charge < -0.3 is 20.8 Å². The highest BCUT2D eigenvalue weighted by atomic mass is 35.5. The molecule has 0 saturated heterocycles. The molecule has 0 aliphatic heterocycles. The van der Waals surface area contributed by atoms with Crippen molar-refractivity contribution in [3.63, 3.8) is 0 Å². The van der Waals surface area contributed by atoms with Crippen molar-refractivity contribution in [2.24, 2.45) is 0 Å². The Morgan fingerprint density at radius 1 is 1.33 bits per heavy atom. The Morgan fingerprint density at radius 3 is 2.67 bits per heavy atom. The summed E-state index contributed by atoms with van der Waals surface area (Å²) in [6, 6.07) is 5.16. The summed E-state index contributed by atoms with van der Waals surface area (Å²) in [6.07, 6.45) is -1.94. The molecule has 0 aliphatic rings. The first-order chi connectivity index (χ1) is 8.49. The van der Waals surface area contributed by atoms with Crippen LogP contribution in [0.3, 0.4) is 0 Å². The second-order valence-corrected chi connectivity index (χ2v) is 4.55. The average molecular weight is 293 g/mol. The van der Waals surface area contributed by atoms with Gasteiger partial charge in [-0.3, -0.25) is 0 Å². The largest absolute Gasteiger partial charge is 0.465 e. The minimum absolute atomic E-state index is 0.0172. The number of aliphatic hydroxyl groups is 1. The average Bonchev–Trinajstić information content (AvgIpc) is 2.29. The Kier molecular flexibility index (Phi) is 6.21. The molecule has 100 valence electrons. The summed E-state index contributed by atoms with van der Waals surface area (Å²) in [5.41, 5.74) is 0.861. The molecule has 0 fully saturated rings. The van der Waals surface area contributed by atoms with Crippen molar-refractivity contribution < 1.29 is 15.0 Å². The number of rotatable bonds is 6. The van der Waals surface area contributed by atoms with Crippen LogP contribution < -0.4 is 10.6 Å². The van der Waals surface area contributed by atoms with E-state index < -0.39 is 12.2 Å². The minimum Gasteiger partial charge on any atom is -0.465 e. The summed E-state index contributed by atoms with van der Waals surface area (Å²) < 4.78 is 0. The summed E-state index contributed by atoms with van der Waals surface area (Å²) in [6.45, 7) is 0.718. The fraction of sp³-hybridized carbons (Fsp3) is 0.364. The molecule has 1 atom stereocenters. The Labute approximate surface area is 115 Å². The third kappa shape index (κ3) is 5.55. The number of amides is 1. The maximum absolute atomic E-state index is 10.2. The molecule has 1 rings (SSSR count). The quantitative estimate of drug-likeness (QED) is 0.643. The number of hydrogen-bond donors (Lipinski definition) is 4. The van der Waals surface area contributed by atoms with E-state index in [9.17, 15) is 9.90 Å². The number of aliphatic hydroxyl groups excluding tert-OH is 1. The number of benzene rings is 1. The Hall–Kier alpha value is -1.01. The molecule has 0 aromatic heterocycles. The zero-order chi connectivity index (χ0) is 13.5. The van der Waals surface area contributed by atoms with Crippen molar-refractivity contribution in [2.75, 3.05) is 13.1 Å². The number of hydrogen-bond acceptors (Lipinski definition) is 3. The molecule has 1 aromatic rings. The molecule has 0 bridgehead atoms. The molecule has 1 unspecified atom stereocenters. The van der Waals surface area contributed by atoms with Crippen LogP contribution in [-0.2, 0) is 6.54 Å². The smallest absolute Gasteiger partial charge is 0.404 e. The van der Waals surface area contributed by atoms with E-state index in [0.29, 0.717) is 16.6 Å². The summed E-state index contributed by atoms with van der Waals surface area (Å²) in [4.78, 5) is 10.2. The van der Waals surface area contributed by atoms with E-state index in [0.717, 1.165) is 5.56 Å². The van der Waals surface area contributed by atoms with Gasteiger partial charge in [-0.15, -0.1) is 0 Å². The molecule has 1 amide bonds. The minimum atomic E-state index is -1.16. The van der Waals surface area contributed by atoms with Crippen molar-refractivity contribution in [1.82, 2.24) is 10.6 Å². The summed E-state index contributed by atoms with van der Waals surface area (Å²) in [5.74, 6) is 0. The lowest BCUT2D eigenvalue weighted by Gasteiger charge is -2.12. The van der Waals surface area contributed by atoms with Crippen LogP contribution in [0.25, 0.3) is 0 Å². The van der Waals surface area contributed by atoms with Crippen LogP contribution in [0.2, 0.25) is 10.0 Å². The molecule has 18 heavy (non-hydrogen) atoms. The maximum Gasteiger partial charge on any atom is 0.404 e. The standard InChI is InChI=1S/C11H14Cl2N2O3/c12-8-2-1-7(10(13)3-8)4-14-5-9(16)6-15-11(17)18/h1-3,9,14-16H,4-6H2,(H,17,18). The highest BCUT2D eigenvalue weighted by Crippen LogP contribution is 2.20. The highest BCUT2D eigenvalue weighted by molar-refractivity contribution is 6.35. The molecule has 0 radical (unpaired) electrons. The highest BCUT2D eigenvalue weighted by Gasteiger charge is 2.06. The van der Waals surface area contributed by atoms with Gasteiger partial charge in [0.25, 0.3) is 0 Å². The van der Waals surface area contributed by atoms with Gasteiger partial charge in [0.2, 0.25) is 0 Å². The molecule has 7 heteroatoms. The Morgan fingerprint density at radius 2 is 2.06 bits per heavy atom. The van der Waals surface area contributed by atoms with Crippen LogP contribution in [0.5, 0.6) is 0 Å². The fourth-order valence-electron chi connectivity index (χ4n) is 1.32. The third-order valence-corrected chi connectivity index (χ3v) is 2.79. The van der Waals surface area contributed by atoms with Crippen molar-refractivity contribution in [3.05, 3.63) is 33.8 Å². The predicted molar refractivity (Wildman–Crippen MR) is 70.2 cm³/mol. The van der Waals surface area contributed by atoms with E-state index in [-0.39, 0.29) is 13.1 Å². The molecule has 0 saturated carbocycles. The van der Waals surface area contributed by atoms with Gasteiger partial charge in [-0.2, -0.15) is 0 Å². The van der Waals surface area contributed by atoms with E-state index in [2.05, 4.69) is 10.6 Å². The Bertz CT molecular complexity index is 415. The topological polar surface area (TPSA) is 81.6 Å². The number of nitrogens with one attached hydrogen (secondary N) is 2. The third-order valence-electron chi connectivity index (χ3n) is 2.20. The van der Waals surface area contributed by atoms with E-state index in [1.54, 1.807) is 18.2 Å². The van der Waals surface area contributed by atoms with E-state index >= 15 is 0 Å². The number of carbonyl (C=O) groups is 1. The van der Waals surface area contributed by atoms with Gasteiger partial charge in [-0.25, -0.2) is 4.79 Å². The second-order valence-electron chi connectivity index (χ2n) is 3.71. The SMILES string of the molecule is O=C(O)NCC(O)CNCc1ccc(Cl)cc1Cl. The van der Waals surface area contributed by atoms with Gasteiger partial charge >= 0.3 is 6.09 Å². The summed E-state index contributed by atoms with van der Waals surface area (Å²) in [7, 11) is 0. The lowest BCUT2D eigenvalue weighted by Crippen LogP contribution is -2.37. The predicted octanol–water partition coefficient (Wildman–Crippen LogP) is 1.71. The van der Waals surface area contributed by atoms with Gasteiger partial charge in [0, 0.05) is 29.7 Å².